The van der Waals surface area contributed by atoms with Crippen molar-refractivity contribution in [1.29, 1.82) is 5.26 Å². The first-order valence-corrected chi connectivity index (χ1v) is 9.56. The molecule has 3 heterocycles. The standard InChI is InChI=1S/C17H16N4O4S/c18-7-11-5-14(19-8-11)17(22)20-12-6-13-10-25-15-3-1-2-4-16(15)26(23,24)21(13)9-12/h1-5,8,12-13,19H,6,9-10H2,(H,20,22)/t12-,13-/m0/s1. The van der Waals surface area contributed by atoms with Crippen LogP contribution in [0.4, 0.5) is 0 Å². The number of carbonyl (C=O) groups is 1. The Bertz CT molecular complexity index is 1010. The predicted molar refractivity (Wildman–Crippen MR) is 91.0 cm³/mol. The maximum Gasteiger partial charge on any atom is 0.268 e. The van der Waals surface area contributed by atoms with E-state index in [9.17, 15) is 13.2 Å². The zero-order valence-electron chi connectivity index (χ0n) is 13.7. The fourth-order valence-corrected chi connectivity index (χ4v) is 5.18. The average molecular weight is 372 g/mol. The first-order valence-electron chi connectivity index (χ1n) is 8.12. The van der Waals surface area contributed by atoms with Crippen molar-refractivity contribution in [2.45, 2.75) is 23.4 Å². The van der Waals surface area contributed by atoms with Crippen molar-refractivity contribution < 1.29 is 17.9 Å². The highest BCUT2D eigenvalue weighted by atomic mass is 32.2. The van der Waals surface area contributed by atoms with Crippen LogP contribution in [0, 0.1) is 11.3 Å². The fraction of sp³-hybridized carbons (Fsp3) is 0.294. The SMILES string of the molecule is N#Cc1c[nH]c(C(=O)N[C@H]2C[C@H]3COc4ccccc4S(=O)(=O)N3C2)c1. The van der Waals surface area contributed by atoms with Crippen molar-refractivity contribution in [1.82, 2.24) is 14.6 Å². The molecule has 0 unspecified atom stereocenters. The van der Waals surface area contributed by atoms with Crippen molar-refractivity contribution in [3.8, 4) is 11.8 Å². The predicted octanol–water partition coefficient (Wildman–Crippen LogP) is 0.840. The van der Waals surface area contributed by atoms with Crippen LogP contribution in [-0.4, -0.2) is 48.8 Å². The topological polar surface area (TPSA) is 115 Å². The van der Waals surface area contributed by atoms with Crippen LogP contribution in [0.2, 0.25) is 0 Å². The van der Waals surface area contributed by atoms with Crippen LogP contribution in [0.1, 0.15) is 22.5 Å². The average Bonchev–Trinajstić information content (AvgIpc) is 3.25. The maximum atomic E-state index is 12.9. The Morgan fingerprint density at radius 3 is 2.96 bits per heavy atom. The van der Waals surface area contributed by atoms with Gasteiger partial charge in [-0.15, -0.1) is 0 Å². The fourth-order valence-electron chi connectivity index (χ4n) is 3.38. The van der Waals surface area contributed by atoms with Crippen LogP contribution in [-0.2, 0) is 10.0 Å². The Labute approximate surface area is 150 Å². The van der Waals surface area contributed by atoms with Crippen LogP contribution < -0.4 is 10.1 Å². The number of rotatable bonds is 2. The molecule has 1 aromatic heterocycles. The van der Waals surface area contributed by atoms with E-state index in [1.807, 2.05) is 6.07 Å². The van der Waals surface area contributed by atoms with Crippen LogP contribution in [0.3, 0.4) is 0 Å². The number of fused-ring (bicyclic) bond motifs is 2. The molecule has 0 saturated carbocycles. The second-order valence-electron chi connectivity index (χ2n) is 6.31. The molecule has 2 N–H and O–H groups in total. The molecular weight excluding hydrogens is 356 g/mol. The molecule has 0 radical (unpaired) electrons. The van der Waals surface area contributed by atoms with Gasteiger partial charge in [0.05, 0.1) is 11.6 Å². The summed E-state index contributed by atoms with van der Waals surface area (Å²) in [6.45, 7) is 0.423. The lowest BCUT2D eigenvalue weighted by molar-refractivity contribution is 0.0934. The Morgan fingerprint density at radius 2 is 2.19 bits per heavy atom. The van der Waals surface area contributed by atoms with E-state index in [0.29, 0.717) is 17.7 Å². The van der Waals surface area contributed by atoms with Crippen LogP contribution >= 0.6 is 0 Å². The summed E-state index contributed by atoms with van der Waals surface area (Å²) in [5, 5.41) is 11.7. The molecule has 8 nitrogen and oxygen atoms in total. The summed E-state index contributed by atoms with van der Waals surface area (Å²) in [6, 6.07) is 9.31. The number of nitriles is 1. The summed E-state index contributed by atoms with van der Waals surface area (Å²) in [5.41, 5.74) is 0.635. The van der Waals surface area contributed by atoms with Gasteiger partial charge in [0.2, 0.25) is 10.0 Å². The molecular formula is C17H16N4O4S. The van der Waals surface area contributed by atoms with Gasteiger partial charge in [-0.3, -0.25) is 4.79 Å². The van der Waals surface area contributed by atoms with Gasteiger partial charge < -0.3 is 15.0 Å². The first kappa shape index (κ1) is 16.6. The number of H-pyrrole nitrogens is 1. The molecule has 9 heteroatoms. The molecule has 1 fully saturated rings. The summed E-state index contributed by atoms with van der Waals surface area (Å²) in [4.78, 5) is 15.2. The van der Waals surface area contributed by atoms with Gasteiger partial charge in [0.25, 0.3) is 5.91 Å². The number of para-hydroxylation sites is 1. The minimum absolute atomic E-state index is 0.150. The van der Waals surface area contributed by atoms with E-state index in [2.05, 4.69) is 10.3 Å². The summed E-state index contributed by atoms with van der Waals surface area (Å²) in [5.74, 6) is -0.00854. The lowest BCUT2D eigenvalue weighted by Gasteiger charge is -2.19. The van der Waals surface area contributed by atoms with E-state index in [0.717, 1.165) is 0 Å². The molecule has 4 rings (SSSR count). The van der Waals surface area contributed by atoms with E-state index < -0.39 is 10.0 Å². The highest BCUT2D eigenvalue weighted by Crippen LogP contribution is 2.35. The number of hydrogen-bond acceptors (Lipinski definition) is 5. The number of aromatic amines is 1. The summed E-state index contributed by atoms with van der Waals surface area (Å²) in [7, 11) is -3.68. The van der Waals surface area contributed by atoms with Crippen molar-refractivity contribution in [2.75, 3.05) is 13.2 Å². The summed E-state index contributed by atoms with van der Waals surface area (Å²) < 4.78 is 33.0. The lowest BCUT2D eigenvalue weighted by atomic mass is 10.2. The van der Waals surface area contributed by atoms with Gasteiger partial charge in [-0.25, -0.2) is 8.42 Å². The number of carbonyl (C=O) groups excluding carboxylic acids is 1. The van der Waals surface area contributed by atoms with Crippen molar-refractivity contribution >= 4 is 15.9 Å². The molecule has 1 aromatic carbocycles. The minimum Gasteiger partial charge on any atom is -0.490 e. The molecule has 2 aromatic rings. The molecule has 2 aliphatic heterocycles. The Hall–Kier alpha value is -2.83. The lowest BCUT2D eigenvalue weighted by Crippen LogP contribution is -2.39. The Morgan fingerprint density at radius 1 is 1.38 bits per heavy atom. The van der Waals surface area contributed by atoms with Gasteiger partial charge in [0, 0.05) is 18.8 Å². The van der Waals surface area contributed by atoms with Crippen LogP contribution in [0.5, 0.6) is 5.75 Å². The van der Waals surface area contributed by atoms with Gasteiger partial charge in [0.15, 0.2) is 0 Å². The second kappa shape index (κ2) is 6.16. The van der Waals surface area contributed by atoms with Gasteiger partial charge in [-0.2, -0.15) is 9.57 Å². The molecule has 0 bridgehead atoms. The van der Waals surface area contributed by atoms with E-state index in [4.69, 9.17) is 10.00 Å². The normalized spacial score (nSPS) is 23.8. The molecule has 2 atom stereocenters. The zero-order valence-corrected chi connectivity index (χ0v) is 14.5. The monoisotopic (exact) mass is 372 g/mol. The van der Waals surface area contributed by atoms with Gasteiger partial charge in [-0.05, 0) is 24.6 Å². The van der Waals surface area contributed by atoms with Crippen LogP contribution in [0.15, 0.2) is 41.4 Å². The van der Waals surface area contributed by atoms with E-state index in [1.54, 1.807) is 18.2 Å². The third-order valence-corrected chi connectivity index (χ3v) is 6.58. The van der Waals surface area contributed by atoms with Crippen molar-refractivity contribution in [3.63, 3.8) is 0 Å². The number of amides is 1. The van der Waals surface area contributed by atoms with Crippen LogP contribution in [0.25, 0.3) is 0 Å². The van der Waals surface area contributed by atoms with Gasteiger partial charge in [0.1, 0.15) is 29.0 Å². The van der Waals surface area contributed by atoms with E-state index in [-0.39, 0.29) is 41.7 Å². The smallest absolute Gasteiger partial charge is 0.268 e. The minimum atomic E-state index is -3.68. The Kier molecular flexibility index (Phi) is 3.94. The second-order valence-corrected chi connectivity index (χ2v) is 8.17. The Balaban J connectivity index is 1.53. The molecule has 0 spiro atoms. The number of benzene rings is 1. The molecule has 0 aliphatic carbocycles. The highest BCUT2D eigenvalue weighted by molar-refractivity contribution is 7.89. The molecule has 1 amide bonds. The summed E-state index contributed by atoms with van der Waals surface area (Å²) >= 11 is 0. The molecule has 1 saturated heterocycles. The quantitative estimate of drug-likeness (QED) is 0.811. The maximum absolute atomic E-state index is 12.9. The third-order valence-electron chi connectivity index (χ3n) is 4.62. The van der Waals surface area contributed by atoms with E-state index in [1.165, 1.54) is 22.6 Å². The third kappa shape index (κ3) is 2.73. The number of hydrogen-bond donors (Lipinski definition) is 2. The molecule has 26 heavy (non-hydrogen) atoms. The largest absolute Gasteiger partial charge is 0.490 e. The van der Waals surface area contributed by atoms with E-state index >= 15 is 0 Å². The first-order chi connectivity index (χ1) is 12.5. The number of nitrogens with zero attached hydrogens (tertiary/aromatic N) is 2. The number of nitrogens with one attached hydrogen (secondary N) is 2. The number of sulfonamides is 1. The molecule has 2 aliphatic rings. The number of ether oxygens (including phenoxy) is 1. The van der Waals surface area contributed by atoms with Crippen molar-refractivity contribution in [2.24, 2.45) is 0 Å². The van der Waals surface area contributed by atoms with Gasteiger partial charge >= 0.3 is 0 Å². The molecule has 134 valence electrons. The zero-order chi connectivity index (χ0) is 18.3. The number of aromatic nitrogens is 1. The van der Waals surface area contributed by atoms with Gasteiger partial charge in [-0.1, -0.05) is 12.1 Å². The highest BCUT2D eigenvalue weighted by Gasteiger charge is 2.44. The van der Waals surface area contributed by atoms with Crippen molar-refractivity contribution in [3.05, 3.63) is 47.8 Å². The summed E-state index contributed by atoms with van der Waals surface area (Å²) in [6.07, 6.45) is 1.91.